The summed E-state index contributed by atoms with van der Waals surface area (Å²) < 4.78 is 0. The third-order valence-electron chi connectivity index (χ3n) is 3.26. The number of nitrogen functional groups attached to an aromatic ring is 1. The van der Waals surface area contributed by atoms with Gasteiger partial charge in [0.05, 0.1) is 0 Å². The molecule has 1 fully saturated rings. The van der Waals surface area contributed by atoms with Gasteiger partial charge in [0.15, 0.2) is 0 Å². The predicted molar refractivity (Wildman–Crippen MR) is 84.9 cm³/mol. The number of para-hydroxylation sites is 1. The average Bonchev–Trinajstić information content (AvgIpc) is 2.39. The monoisotopic (exact) mass is 300 g/mol. The van der Waals surface area contributed by atoms with E-state index in [0.29, 0.717) is 12.5 Å². The van der Waals surface area contributed by atoms with E-state index in [2.05, 4.69) is 5.32 Å². The fourth-order valence-corrected chi connectivity index (χ4v) is 3.26. The second kappa shape index (κ2) is 8.33. The molecule has 0 unspecified atom stereocenters. The fraction of sp³-hybridized carbons (Fsp3) is 0.500. The van der Waals surface area contributed by atoms with E-state index in [1.165, 1.54) is 0 Å². The zero-order valence-electron chi connectivity index (χ0n) is 10.9. The van der Waals surface area contributed by atoms with E-state index in [1.54, 1.807) is 0 Å². The van der Waals surface area contributed by atoms with Crippen LogP contribution in [0.15, 0.2) is 24.3 Å². The van der Waals surface area contributed by atoms with Crippen LogP contribution in [0.25, 0.3) is 0 Å². The lowest BCUT2D eigenvalue weighted by Crippen LogP contribution is -2.37. The molecule has 1 amide bonds. The number of benzene rings is 1. The SMILES string of the molecule is Cl.Nc1ccccc1CCC(=O)NC1CCSCC1. The zero-order valence-corrected chi connectivity index (χ0v) is 12.6. The first kappa shape index (κ1) is 16.2. The topological polar surface area (TPSA) is 55.1 Å². The number of nitrogens with two attached hydrogens (primary N) is 1. The molecule has 0 saturated carbocycles. The van der Waals surface area contributed by atoms with Gasteiger partial charge in [-0.3, -0.25) is 4.79 Å². The van der Waals surface area contributed by atoms with E-state index in [9.17, 15) is 4.79 Å². The lowest BCUT2D eigenvalue weighted by molar-refractivity contribution is -0.121. The number of rotatable bonds is 4. The van der Waals surface area contributed by atoms with Gasteiger partial charge < -0.3 is 11.1 Å². The van der Waals surface area contributed by atoms with Gasteiger partial charge in [-0.25, -0.2) is 0 Å². The van der Waals surface area contributed by atoms with E-state index >= 15 is 0 Å². The molecule has 0 bridgehead atoms. The van der Waals surface area contributed by atoms with Crippen molar-refractivity contribution in [1.82, 2.24) is 5.32 Å². The van der Waals surface area contributed by atoms with Crippen LogP contribution in [0.3, 0.4) is 0 Å². The Morgan fingerprint density at radius 1 is 1.32 bits per heavy atom. The van der Waals surface area contributed by atoms with Gasteiger partial charge in [-0.05, 0) is 42.4 Å². The highest BCUT2D eigenvalue weighted by Gasteiger charge is 2.15. The minimum absolute atomic E-state index is 0. The molecule has 1 aromatic rings. The van der Waals surface area contributed by atoms with Crippen LogP contribution in [0.2, 0.25) is 0 Å². The summed E-state index contributed by atoms with van der Waals surface area (Å²) in [5, 5.41) is 3.12. The van der Waals surface area contributed by atoms with E-state index in [1.807, 2.05) is 36.0 Å². The van der Waals surface area contributed by atoms with Crippen molar-refractivity contribution in [1.29, 1.82) is 0 Å². The van der Waals surface area contributed by atoms with Crippen molar-refractivity contribution in [2.24, 2.45) is 0 Å². The number of carbonyl (C=O) groups is 1. The molecule has 0 aliphatic carbocycles. The molecule has 1 aliphatic rings. The van der Waals surface area contributed by atoms with Gasteiger partial charge >= 0.3 is 0 Å². The van der Waals surface area contributed by atoms with Gasteiger partial charge in [0.1, 0.15) is 0 Å². The molecule has 0 radical (unpaired) electrons. The van der Waals surface area contributed by atoms with Crippen LogP contribution in [-0.2, 0) is 11.2 Å². The van der Waals surface area contributed by atoms with Crippen molar-refractivity contribution in [2.45, 2.75) is 31.7 Å². The van der Waals surface area contributed by atoms with Crippen molar-refractivity contribution >= 4 is 35.8 Å². The highest BCUT2D eigenvalue weighted by Crippen LogP contribution is 2.17. The molecular weight excluding hydrogens is 280 g/mol. The minimum Gasteiger partial charge on any atom is -0.399 e. The fourth-order valence-electron chi connectivity index (χ4n) is 2.15. The number of hydrogen-bond acceptors (Lipinski definition) is 3. The van der Waals surface area contributed by atoms with Gasteiger partial charge in [0, 0.05) is 18.2 Å². The van der Waals surface area contributed by atoms with Crippen molar-refractivity contribution in [3.8, 4) is 0 Å². The average molecular weight is 301 g/mol. The molecule has 1 saturated heterocycles. The Balaban J connectivity index is 0.00000180. The quantitative estimate of drug-likeness (QED) is 0.841. The molecular formula is C14H21ClN2OS. The van der Waals surface area contributed by atoms with Crippen LogP contribution in [-0.4, -0.2) is 23.5 Å². The highest BCUT2D eigenvalue weighted by molar-refractivity contribution is 7.99. The molecule has 3 N–H and O–H groups in total. The van der Waals surface area contributed by atoms with E-state index in [0.717, 1.165) is 42.0 Å². The van der Waals surface area contributed by atoms with E-state index in [-0.39, 0.29) is 18.3 Å². The Morgan fingerprint density at radius 3 is 2.68 bits per heavy atom. The van der Waals surface area contributed by atoms with Crippen molar-refractivity contribution < 1.29 is 4.79 Å². The van der Waals surface area contributed by atoms with Crippen LogP contribution in [0.1, 0.15) is 24.8 Å². The van der Waals surface area contributed by atoms with E-state index < -0.39 is 0 Å². The summed E-state index contributed by atoms with van der Waals surface area (Å²) in [6.45, 7) is 0. The molecule has 19 heavy (non-hydrogen) atoms. The Hall–Kier alpha value is -0.870. The number of amides is 1. The largest absolute Gasteiger partial charge is 0.399 e. The second-order valence-corrected chi connectivity index (χ2v) is 5.88. The molecule has 0 aromatic heterocycles. The van der Waals surface area contributed by atoms with Gasteiger partial charge in [0.25, 0.3) is 0 Å². The number of halogens is 1. The summed E-state index contributed by atoms with van der Waals surface area (Å²) >= 11 is 1.97. The molecule has 0 atom stereocenters. The third-order valence-corrected chi connectivity index (χ3v) is 4.31. The third kappa shape index (κ3) is 5.33. The van der Waals surface area contributed by atoms with Gasteiger partial charge in [-0.1, -0.05) is 18.2 Å². The predicted octanol–water partition coefficient (Wildman–Crippen LogP) is 2.64. The van der Waals surface area contributed by atoms with E-state index in [4.69, 9.17) is 5.73 Å². The molecule has 1 aromatic carbocycles. The second-order valence-electron chi connectivity index (χ2n) is 4.65. The molecule has 106 valence electrons. The van der Waals surface area contributed by atoms with Crippen LogP contribution in [0, 0.1) is 0 Å². The Morgan fingerprint density at radius 2 is 2.00 bits per heavy atom. The first-order valence-electron chi connectivity index (χ1n) is 6.46. The Kier molecular flexibility index (Phi) is 7.10. The lowest BCUT2D eigenvalue weighted by atomic mass is 10.1. The van der Waals surface area contributed by atoms with Crippen LogP contribution in [0.5, 0.6) is 0 Å². The molecule has 2 rings (SSSR count). The first-order chi connectivity index (χ1) is 8.75. The number of thioether (sulfide) groups is 1. The summed E-state index contributed by atoms with van der Waals surface area (Å²) in [4.78, 5) is 11.8. The normalized spacial score (nSPS) is 15.6. The number of anilines is 1. The summed E-state index contributed by atoms with van der Waals surface area (Å²) in [7, 11) is 0. The maximum absolute atomic E-state index is 11.8. The minimum atomic E-state index is 0. The summed E-state index contributed by atoms with van der Waals surface area (Å²) in [6, 6.07) is 8.12. The summed E-state index contributed by atoms with van der Waals surface area (Å²) in [6.07, 6.45) is 3.45. The van der Waals surface area contributed by atoms with Gasteiger partial charge in [-0.15, -0.1) is 12.4 Å². The van der Waals surface area contributed by atoms with Crippen LogP contribution >= 0.6 is 24.2 Å². The highest BCUT2D eigenvalue weighted by atomic mass is 35.5. The maximum Gasteiger partial charge on any atom is 0.220 e. The molecule has 3 nitrogen and oxygen atoms in total. The number of carbonyl (C=O) groups excluding carboxylic acids is 1. The van der Waals surface area contributed by atoms with Crippen LogP contribution < -0.4 is 11.1 Å². The number of aryl methyl sites for hydroxylation is 1. The summed E-state index contributed by atoms with van der Waals surface area (Å²) in [5.74, 6) is 2.47. The van der Waals surface area contributed by atoms with Gasteiger partial charge in [0.2, 0.25) is 5.91 Å². The van der Waals surface area contributed by atoms with Crippen molar-refractivity contribution in [3.63, 3.8) is 0 Å². The lowest BCUT2D eigenvalue weighted by Gasteiger charge is -2.22. The Labute approximate surface area is 125 Å². The van der Waals surface area contributed by atoms with Crippen molar-refractivity contribution in [3.05, 3.63) is 29.8 Å². The van der Waals surface area contributed by atoms with Crippen LogP contribution in [0.4, 0.5) is 5.69 Å². The molecule has 0 spiro atoms. The molecule has 1 heterocycles. The standard InChI is InChI=1S/C14H20N2OS.ClH/c15-13-4-2-1-3-11(13)5-6-14(17)16-12-7-9-18-10-8-12;/h1-4,12H,5-10,15H2,(H,16,17);1H. The molecule has 1 aliphatic heterocycles. The Bertz CT molecular complexity index is 408. The smallest absolute Gasteiger partial charge is 0.220 e. The maximum atomic E-state index is 11.8. The summed E-state index contributed by atoms with van der Waals surface area (Å²) in [5.41, 5.74) is 7.70. The number of nitrogens with one attached hydrogen (secondary N) is 1. The molecule has 5 heteroatoms. The zero-order chi connectivity index (χ0) is 12.8. The van der Waals surface area contributed by atoms with Crippen molar-refractivity contribution in [2.75, 3.05) is 17.2 Å². The van der Waals surface area contributed by atoms with Gasteiger partial charge in [-0.2, -0.15) is 11.8 Å². The number of hydrogen-bond donors (Lipinski definition) is 2. The first-order valence-corrected chi connectivity index (χ1v) is 7.61.